The fourth-order valence-electron chi connectivity index (χ4n) is 2.46. The number of hydrogen-bond acceptors (Lipinski definition) is 5. The van der Waals surface area contributed by atoms with E-state index in [0.29, 0.717) is 23.0 Å². The molecule has 0 radical (unpaired) electrons. The molecule has 6 nitrogen and oxygen atoms in total. The van der Waals surface area contributed by atoms with Gasteiger partial charge in [0, 0.05) is 35.8 Å². The van der Waals surface area contributed by atoms with Crippen LogP contribution in [-0.4, -0.2) is 24.1 Å². The molecule has 2 aromatic rings. The Hall–Kier alpha value is -3.19. The number of amidine groups is 1. The number of aromatic nitrogens is 1. The maximum absolute atomic E-state index is 11.8. The first kappa shape index (κ1) is 15.3. The summed E-state index contributed by atoms with van der Waals surface area (Å²) in [7, 11) is -3.60. The predicted molar refractivity (Wildman–Crippen MR) is 95.2 cm³/mol. The summed E-state index contributed by atoms with van der Waals surface area (Å²) < 4.78 is 33.0. The molecule has 0 fully saturated rings. The number of ether oxygens (including phenoxy) is 1. The fraction of sp³-hybridized carbons (Fsp3) is 0. The molecule has 0 amide bonds. The van der Waals surface area contributed by atoms with Crippen LogP contribution in [0.3, 0.4) is 0 Å². The van der Waals surface area contributed by atoms with Crippen LogP contribution in [0, 0.1) is 0 Å². The van der Waals surface area contributed by atoms with Gasteiger partial charge in [0.2, 0.25) is 5.88 Å². The zero-order valence-electron chi connectivity index (χ0n) is 13.0. The third-order valence-corrected chi connectivity index (χ3v) is 4.51. The second kappa shape index (κ2) is 6.03. The highest BCUT2D eigenvalue weighted by Crippen LogP contribution is 2.27. The number of nitrogens with zero attached hydrogens (tertiary/aromatic N) is 3. The Bertz CT molecular complexity index is 1020. The van der Waals surface area contributed by atoms with Gasteiger partial charge in [0.15, 0.2) is 5.84 Å². The Kier molecular flexibility index (Phi) is 3.70. The lowest BCUT2D eigenvalue weighted by Gasteiger charge is -2.25. The lowest BCUT2D eigenvalue weighted by Crippen LogP contribution is -2.27. The van der Waals surface area contributed by atoms with Gasteiger partial charge < -0.3 is 9.64 Å². The van der Waals surface area contributed by atoms with Crippen molar-refractivity contribution in [3.05, 3.63) is 84.2 Å². The molecule has 25 heavy (non-hydrogen) atoms. The van der Waals surface area contributed by atoms with E-state index in [9.17, 15) is 8.42 Å². The second-order valence-corrected chi connectivity index (χ2v) is 6.83. The number of sulfonamides is 1. The van der Waals surface area contributed by atoms with E-state index in [1.807, 2.05) is 42.5 Å². The van der Waals surface area contributed by atoms with Crippen LogP contribution in [-0.2, 0) is 10.0 Å². The number of para-hydroxylation sites is 1. The van der Waals surface area contributed by atoms with Crippen molar-refractivity contribution >= 4 is 21.4 Å². The van der Waals surface area contributed by atoms with Gasteiger partial charge in [-0.2, -0.15) is 8.42 Å². The molecule has 124 valence electrons. The van der Waals surface area contributed by atoms with E-state index in [0.717, 1.165) is 11.0 Å². The highest BCUT2D eigenvalue weighted by molar-refractivity contribution is 7.93. The molecular weight excluding hydrogens is 338 g/mol. The Labute approximate surface area is 145 Å². The quantitative estimate of drug-likeness (QED) is 0.848. The maximum Gasteiger partial charge on any atom is 0.278 e. The van der Waals surface area contributed by atoms with E-state index in [1.165, 1.54) is 6.20 Å². The van der Waals surface area contributed by atoms with Crippen LogP contribution in [0.5, 0.6) is 11.6 Å². The van der Waals surface area contributed by atoms with E-state index in [1.54, 1.807) is 29.4 Å². The van der Waals surface area contributed by atoms with Crippen LogP contribution < -0.4 is 4.74 Å². The van der Waals surface area contributed by atoms with E-state index in [4.69, 9.17) is 4.74 Å². The molecule has 0 aliphatic carbocycles. The lowest BCUT2D eigenvalue weighted by atomic mass is 10.0. The molecule has 0 bridgehead atoms. The molecule has 4 rings (SSSR count). The molecule has 0 unspecified atom stereocenters. The second-order valence-electron chi connectivity index (χ2n) is 5.34. The fourth-order valence-corrected chi connectivity index (χ4v) is 3.24. The van der Waals surface area contributed by atoms with Crippen molar-refractivity contribution in [3.8, 4) is 11.6 Å². The first-order valence-electron chi connectivity index (χ1n) is 7.50. The monoisotopic (exact) mass is 351 g/mol. The number of benzene rings is 1. The molecule has 0 saturated heterocycles. The molecule has 7 heteroatoms. The summed E-state index contributed by atoms with van der Waals surface area (Å²) in [5.41, 5.74) is 1.42. The molecule has 1 aromatic heterocycles. The van der Waals surface area contributed by atoms with Crippen LogP contribution in [0.25, 0.3) is 5.57 Å². The molecule has 2 aliphatic rings. The number of pyridine rings is 1. The molecule has 0 atom stereocenters. The Morgan fingerprint density at radius 3 is 2.60 bits per heavy atom. The first-order chi connectivity index (χ1) is 12.1. The number of fused-ring (bicyclic) bond motifs is 1. The Morgan fingerprint density at radius 1 is 1.00 bits per heavy atom. The topological polar surface area (TPSA) is 71.9 Å². The predicted octanol–water partition coefficient (Wildman–Crippen LogP) is 3.30. The van der Waals surface area contributed by atoms with Gasteiger partial charge in [-0.1, -0.05) is 18.2 Å². The summed E-state index contributed by atoms with van der Waals surface area (Å²) in [6.45, 7) is 0. The molecular formula is C18H13N3O3S. The zero-order chi connectivity index (χ0) is 17.3. The SMILES string of the molecule is O=S1(=O)C=CN2C=CC=C(c3ccc(Oc4ccccc4)nc3)C2=N1. The third-order valence-electron chi connectivity index (χ3n) is 3.62. The van der Waals surface area contributed by atoms with E-state index < -0.39 is 10.0 Å². The minimum Gasteiger partial charge on any atom is -0.439 e. The van der Waals surface area contributed by atoms with Crippen molar-refractivity contribution in [2.45, 2.75) is 0 Å². The summed E-state index contributed by atoms with van der Waals surface area (Å²) in [6.07, 6.45) is 8.48. The van der Waals surface area contributed by atoms with Gasteiger partial charge >= 0.3 is 0 Å². The number of hydrogen-bond donors (Lipinski definition) is 0. The van der Waals surface area contributed by atoms with Crippen LogP contribution in [0.2, 0.25) is 0 Å². The largest absolute Gasteiger partial charge is 0.439 e. The van der Waals surface area contributed by atoms with Crippen molar-refractivity contribution in [1.29, 1.82) is 0 Å². The van der Waals surface area contributed by atoms with Crippen LogP contribution >= 0.6 is 0 Å². The molecule has 1 aromatic carbocycles. The lowest BCUT2D eigenvalue weighted by molar-refractivity contribution is 0.463. The molecule has 0 spiro atoms. The third kappa shape index (κ3) is 3.22. The summed E-state index contributed by atoms with van der Waals surface area (Å²) >= 11 is 0. The van der Waals surface area contributed by atoms with Gasteiger partial charge in [0.25, 0.3) is 10.0 Å². The maximum atomic E-state index is 11.8. The van der Waals surface area contributed by atoms with Crippen molar-refractivity contribution in [2.75, 3.05) is 0 Å². The summed E-state index contributed by atoms with van der Waals surface area (Å²) in [4.78, 5) is 5.95. The van der Waals surface area contributed by atoms with Gasteiger partial charge in [0.1, 0.15) is 5.75 Å². The zero-order valence-corrected chi connectivity index (χ0v) is 13.8. The number of rotatable bonds is 3. The minimum absolute atomic E-state index is 0.350. The smallest absolute Gasteiger partial charge is 0.278 e. The van der Waals surface area contributed by atoms with Crippen LogP contribution in [0.15, 0.2) is 83.0 Å². The van der Waals surface area contributed by atoms with E-state index in [2.05, 4.69) is 9.38 Å². The van der Waals surface area contributed by atoms with Gasteiger partial charge in [-0.15, -0.1) is 4.40 Å². The van der Waals surface area contributed by atoms with Crippen LogP contribution in [0.4, 0.5) is 0 Å². The van der Waals surface area contributed by atoms with Gasteiger partial charge in [-0.25, -0.2) is 4.98 Å². The van der Waals surface area contributed by atoms with Crippen molar-refractivity contribution in [3.63, 3.8) is 0 Å². The van der Waals surface area contributed by atoms with E-state index in [-0.39, 0.29) is 0 Å². The van der Waals surface area contributed by atoms with Crippen LogP contribution in [0.1, 0.15) is 5.56 Å². The molecule has 0 saturated carbocycles. The van der Waals surface area contributed by atoms with Gasteiger partial charge in [-0.05, 0) is 30.4 Å². The van der Waals surface area contributed by atoms with Gasteiger partial charge in [-0.3, -0.25) is 0 Å². The molecule has 0 N–H and O–H groups in total. The first-order valence-corrected chi connectivity index (χ1v) is 9.01. The summed E-state index contributed by atoms with van der Waals surface area (Å²) in [5, 5.41) is 1.07. The van der Waals surface area contributed by atoms with Gasteiger partial charge in [0.05, 0.1) is 5.41 Å². The standard InChI is InChI=1S/C18H13N3O3S/c22-25(23)12-11-21-10-4-7-16(18(21)20-25)14-8-9-17(19-13-14)24-15-5-2-1-3-6-15/h1-13H. The minimum atomic E-state index is -3.60. The molecule has 3 heterocycles. The Balaban J connectivity index is 1.63. The summed E-state index contributed by atoms with van der Waals surface area (Å²) in [5.74, 6) is 1.50. The van der Waals surface area contributed by atoms with Crippen molar-refractivity contribution in [1.82, 2.24) is 9.88 Å². The highest BCUT2D eigenvalue weighted by Gasteiger charge is 2.23. The number of allylic oxidation sites excluding steroid dienone is 2. The van der Waals surface area contributed by atoms with Crippen molar-refractivity contribution < 1.29 is 13.2 Å². The van der Waals surface area contributed by atoms with Crippen molar-refractivity contribution in [2.24, 2.45) is 4.40 Å². The van der Waals surface area contributed by atoms with E-state index >= 15 is 0 Å². The molecule has 2 aliphatic heterocycles. The summed E-state index contributed by atoms with van der Waals surface area (Å²) in [6, 6.07) is 12.9. The average molecular weight is 351 g/mol. The average Bonchev–Trinajstić information content (AvgIpc) is 2.62. The Morgan fingerprint density at radius 2 is 1.84 bits per heavy atom. The normalized spacial score (nSPS) is 17.5. The highest BCUT2D eigenvalue weighted by atomic mass is 32.2.